The molecule has 25 heavy (non-hydrogen) atoms. The van der Waals surface area contributed by atoms with Crippen molar-refractivity contribution in [2.75, 3.05) is 12.3 Å². The Kier molecular flexibility index (Phi) is 6.13. The zero-order valence-corrected chi connectivity index (χ0v) is 16.1. The van der Waals surface area contributed by atoms with Crippen molar-refractivity contribution in [3.63, 3.8) is 0 Å². The summed E-state index contributed by atoms with van der Waals surface area (Å²) in [7, 11) is 0. The standard InChI is InChI=1S/C17H26N2O5S/c1-11(20)25-10-12-7-8-14(21)18-9-5-6-13(19(18)15(12)22)16(23)24-17(2,3)4/h12-13H,5-10H2,1-4H3/t12-,13+/m1/s1. The Morgan fingerprint density at radius 2 is 1.92 bits per heavy atom. The Balaban J connectivity index is 2.25. The predicted molar refractivity (Wildman–Crippen MR) is 93.3 cm³/mol. The van der Waals surface area contributed by atoms with Gasteiger partial charge >= 0.3 is 5.97 Å². The minimum Gasteiger partial charge on any atom is -0.458 e. The highest BCUT2D eigenvalue weighted by Crippen LogP contribution is 2.30. The van der Waals surface area contributed by atoms with Crippen LogP contribution in [0.2, 0.25) is 0 Å². The Bertz CT molecular complexity index is 572. The predicted octanol–water partition coefficient (Wildman–Crippen LogP) is 1.75. The van der Waals surface area contributed by atoms with Crippen molar-refractivity contribution in [2.45, 2.75) is 65.0 Å². The SMILES string of the molecule is CC(=O)SC[C@H]1CCC(=O)N2CCC[C@@H](C(=O)OC(C)(C)C)N2C1=O. The number of hydrazine groups is 1. The third-order valence-electron chi connectivity index (χ3n) is 4.14. The molecule has 0 radical (unpaired) electrons. The summed E-state index contributed by atoms with van der Waals surface area (Å²) in [6.07, 6.45) is 1.75. The molecule has 0 aromatic carbocycles. The summed E-state index contributed by atoms with van der Waals surface area (Å²) in [6.45, 7) is 7.19. The quantitative estimate of drug-likeness (QED) is 0.704. The maximum absolute atomic E-state index is 13.0. The molecular formula is C17H26N2O5S. The summed E-state index contributed by atoms with van der Waals surface area (Å²) in [5.41, 5.74) is -0.665. The number of carbonyl (C=O) groups is 4. The molecule has 2 heterocycles. The maximum Gasteiger partial charge on any atom is 0.331 e. The van der Waals surface area contributed by atoms with Crippen LogP contribution in [0, 0.1) is 5.92 Å². The van der Waals surface area contributed by atoms with Crippen molar-refractivity contribution in [1.29, 1.82) is 0 Å². The van der Waals surface area contributed by atoms with Gasteiger partial charge < -0.3 is 4.74 Å². The highest BCUT2D eigenvalue weighted by atomic mass is 32.2. The van der Waals surface area contributed by atoms with E-state index in [-0.39, 0.29) is 23.4 Å². The minimum atomic E-state index is -0.785. The van der Waals surface area contributed by atoms with Gasteiger partial charge in [0.15, 0.2) is 11.2 Å². The van der Waals surface area contributed by atoms with E-state index in [4.69, 9.17) is 4.74 Å². The monoisotopic (exact) mass is 370 g/mol. The van der Waals surface area contributed by atoms with E-state index in [0.29, 0.717) is 31.6 Å². The van der Waals surface area contributed by atoms with Crippen LogP contribution in [0.15, 0.2) is 0 Å². The summed E-state index contributed by atoms with van der Waals surface area (Å²) in [5, 5.41) is 2.64. The van der Waals surface area contributed by atoms with Crippen molar-refractivity contribution in [3.8, 4) is 0 Å². The zero-order valence-electron chi connectivity index (χ0n) is 15.2. The number of hydrogen-bond donors (Lipinski definition) is 0. The number of fused-ring (bicyclic) bond motifs is 1. The molecule has 0 unspecified atom stereocenters. The lowest BCUT2D eigenvalue weighted by atomic mass is 10.0. The van der Waals surface area contributed by atoms with Crippen LogP contribution in [0.25, 0.3) is 0 Å². The van der Waals surface area contributed by atoms with Gasteiger partial charge in [0.1, 0.15) is 5.60 Å². The topological polar surface area (TPSA) is 84.0 Å². The first-order valence-electron chi connectivity index (χ1n) is 8.59. The van der Waals surface area contributed by atoms with E-state index in [1.54, 1.807) is 20.8 Å². The smallest absolute Gasteiger partial charge is 0.331 e. The third kappa shape index (κ3) is 4.96. The average molecular weight is 370 g/mol. The molecule has 0 aliphatic carbocycles. The summed E-state index contributed by atoms with van der Waals surface area (Å²) >= 11 is 1.08. The Morgan fingerprint density at radius 3 is 2.52 bits per heavy atom. The van der Waals surface area contributed by atoms with E-state index in [2.05, 4.69) is 0 Å². The van der Waals surface area contributed by atoms with Crippen LogP contribution in [-0.2, 0) is 23.9 Å². The molecule has 0 bridgehead atoms. The van der Waals surface area contributed by atoms with Crippen LogP contribution in [0.3, 0.4) is 0 Å². The fourth-order valence-electron chi connectivity index (χ4n) is 3.05. The van der Waals surface area contributed by atoms with Crippen molar-refractivity contribution < 1.29 is 23.9 Å². The van der Waals surface area contributed by atoms with Crippen molar-refractivity contribution in [3.05, 3.63) is 0 Å². The second-order valence-electron chi connectivity index (χ2n) is 7.43. The van der Waals surface area contributed by atoms with E-state index in [9.17, 15) is 19.2 Å². The number of hydrogen-bond acceptors (Lipinski definition) is 6. The molecule has 2 atom stereocenters. The average Bonchev–Trinajstić information content (AvgIpc) is 2.62. The molecule has 2 amide bonds. The first-order valence-corrected chi connectivity index (χ1v) is 9.58. The van der Waals surface area contributed by atoms with E-state index in [1.807, 2.05) is 0 Å². The first-order chi connectivity index (χ1) is 11.6. The molecule has 8 heteroatoms. The summed E-state index contributed by atoms with van der Waals surface area (Å²) in [4.78, 5) is 49.3. The van der Waals surface area contributed by atoms with Gasteiger partial charge in [-0.25, -0.2) is 9.80 Å². The molecule has 2 saturated heterocycles. The third-order valence-corrected chi connectivity index (χ3v) is 5.11. The molecule has 0 N–H and O–H groups in total. The van der Waals surface area contributed by atoms with Gasteiger partial charge in [-0.1, -0.05) is 11.8 Å². The zero-order chi connectivity index (χ0) is 18.8. The summed E-state index contributed by atoms with van der Waals surface area (Å²) in [6, 6.07) is -0.785. The number of thioether (sulfide) groups is 1. The lowest BCUT2D eigenvalue weighted by molar-refractivity contribution is -0.188. The van der Waals surface area contributed by atoms with Crippen LogP contribution in [0.5, 0.6) is 0 Å². The molecule has 0 saturated carbocycles. The molecule has 140 valence electrons. The summed E-state index contributed by atoms with van der Waals surface area (Å²) < 4.78 is 5.45. The minimum absolute atomic E-state index is 0.0671. The molecular weight excluding hydrogens is 344 g/mol. The normalized spacial score (nSPS) is 24.6. The van der Waals surface area contributed by atoms with Crippen molar-refractivity contribution in [1.82, 2.24) is 10.0 Å². The maximum atomic E-state index is 13.0. The lowest BCUT2D eigenvalue weighted by Gasteiger charge is -2.43. The van der Waals surface area contributed by atoms with Gasteiger partial charge in [0.25, 0.3) is 0 Å². The number of esters is 1. The number of ether oxygens (including phenoxy) is 1. The fourth-order valence-corrected chi connectivity index (χ4v) is 3.79. The highest BCUT2D eigenvalue weighted by molar-refractivity contribution is 8.13. The molecule has 0 spiro atoms. The molecule has 0 aromatic heterocycles. The largest absolute Gasteiger partial charge is 0.458 e. The van der Waals surface area contributed by atoms with Crippen LogP contribution in [-0.4, -0.2) is 56.9 Å². The van der Waals surface area contributed by atoms with Crippen LogP contribution in [0.1, 0.15) is 53.4 Å². The lowest BCUT2D eigenvalue weighted by Crippen LogP contribution is -2.61. The molecule has 2 aliphatic heterocycles. The van der Waals surface area contributed by atoms with Gasteiger partial charge in [0.2, 0.25) is 11.8 Å². The van der Waals surface area contributed by atoms with Gasteiger partial charge in [-0.3, -0.25) is 19.4 Å². The van der Waals surface area contributed by atoms with Crippen LogP contribution in [0.4, 0.5) is 0 Å². The number of rotatable bonds is 3. The van der Waals surface area contributed by atoms with Gasteiger partial charge in [-0.2, -0.15) is 0 Å². The molecule has 2 fully saturated rings. The van der Waals surface area contributed by atoms with E-state index < -0.39 is 23.5 Å². The van der Waals surface area contributed by atoms with Crippen LogP contribution >= 0.6 is 11.8 Å². The second kappa shape index (κ2) is 7.76. The Labute approximate surface area is 152 Å². The van der Waals surface area contributed by atoms with E-state index in [0.717, 1.165) is 11.8 Å². The second-order valence-corrected chi connectivity index (χ2v) is 8.63. The molecule has 7 nitrogen and oxygen atoms in total. The molecule has 2 rings (SSSR count). The van der Waals surface area contributed by atoms with Crippen molar-refractivity contribution in [2.24, 2.45) is 5.92 Å². The van der Waals surface area contributed by atoms with E-state index >= 15 is 0 Å². The van der Waals surface area contributed by atoms with Crippen LogP contribution < -0.4 is 0 Å². The Morgan fingerprint density at radius 1 is 1.24 bits per heavy atom. The number of amides is 2. The fraction of sp³-hybridized carbons (Fsp3) is 0.765. The van der Waals surface area contributed by atoms with Gasteiger partial charge in [0, 0.05) is 31.6 Å². The highest BCUT2D eigenvalue weighted by Gasteiger charge is 2.45. The Hall–Kier alpha value is -1.57. The van der Waals surface area contributed by atoms with Gasteiger partial charge in [0.05, 0.1) is 0 Å². The number of nitrogens with zero attached hydrogens (tertiary/aromatic N) is 2. The molecule has 0 aromatic rings. The molecule has 2 aliphatic rings. The van der Waals surface area contributed by atoms with Crippen molar-refractivity contribution >= 4 is 34.7 Å². The number of carbonyl (C=O) groups excluding carboxylic acids is 4. The first kappa shape index (κ1) is 19.8. The van der Waals surface area contributed by atoms with E-state index in [1.165, 1.54) is 16.9 Å². The van der Waals surface area contributed by atoms with Gasteiger partial charge in [-0.05, 0) is 40.0 Å². The summed E-state index contributed by atoms with van der Waals surface area (Å²) in [5.74, 6) is -1.04. The van der Waals surface area contributed by atoms with Gasteiger partial charge in [-0.15, -0.1) is 0 Å².